The van der Waals surface area contributed by atoms with Crippen molar-refractivity contribution in [1.82, 2.24) is 10.6 Å². The maximum atomic E-state index is 10.9. The summed E-state index contributed by atoms with van der Waals surface area (Å²) in [5, 5.41) is 4.60. The van der Waals surface area contributed by atoms with Crippen molar-refractivity contribution >= 4 is 17.6 Å². The van der Waals surface area contributed by atoms with E-state index in [1.165, 1.54) is 6.92 Å². The summed E-state index contributed by atoms with van der Waals surface area (Å²) in [5.41, 5.74) is 0. The first-order valence-corrected chi connectivity index (χ1v) is 4.72. The lowest BCUT2D eigenvalue weighted by Gasteiger charge is -2.02. The first kappa shape index (κ1) is 15.8. The van der Waals surface area contributed by atoms with Crippen LogP contribution < -0.4 is 10.6 Å². The van der Waals surface area contributed by atoms with Crippen LogP contribution in [0.25, 0.3) is 0 Å². The molecule has 5 heteroatoms. The number of ketones is 1. The van der Waals surface area contributed by atoms with Crippen molar-refractivity contribution in [2.24, 2.45) is 0 Å². The number of amides is 2. The molecule has 0 rings (SSSR count). The van der Waals surface area contributed by atoms with E-state index in [0.717, 1.165) is 6.08 Å². The second-order valence-electron chi connectivity index (χ2n) is 2.40. The van der Waals surface area contributed by atoms with E-state index in [-0.39, 0.29) is 21.7 Å². The molecule has 0 saturated heterocycles. The number of nitrogens with one attached hydrogen (secondary N) is 2. The van der Waals surface area contributed by atoms with E-state index in [1.807, 2.05) is 13.8 Å². The van der Waals surface area contributed by atoms with Gasteiger partial charge < -0.3 is 10.6 Å². The Morgan fingerprint density at radius 2 is 1.73 bits per heavy atom. The maximum Gasteiger partial charge on any atom is 0.243 e. The summed E-state index contributed by atoms with van der Waals surface area (Å²) < 4.78 is 0. The van der Waals surface area contributed by atoms with Crippen molar-refractivity contribution in [1.29, 1.82) is 0 Å². The molecule has 0 heterocycles. The monoisotopic (exact) mass is 218 g/mol. The lowest BCUT2D eigenvalue weighted by Crippen LogP contribution is -2.38. The molecule has 0 aliphatic heterocycles. The summed E-state index contributed by atoms with van der Waals surface area (Å²) in [5.74, 6) is -0.952. The van der Waals surface area contributed by atoms with Crippen LogP contribution in [0.15, 0.2) is 12.7 Å². The highest BCUT2D eigenvalue weighted by atomic mass is 16.2. The minimum atomic E-state index is -0.419. The van der Waals surface area contributed by atoms with Gasteiger partial charge in [0.15, 0.2) is 0 Å². The van der Waals surface area contributed by atoms with Gasteiger partial charge in [-0.2, -0.15) is 0 Å². The average molecular weight is 218 g/mol. The number of rotatable bonds is 5. The zero-order valence-electron chi connectivity index (χ0n) is 9.42. The Bertz CT molecular complexity index is 246. The predicted molar refractivity (Wildman–Crippen MR) is 62.5 cm³/mol. The van der Waals surface area contributed by atoms with Gasteiger partial charge in [0.2, 0.25) is 11.8 Å². The minimum absolute atomic E-state index is 0. The van der Waals surface area contributed by atoms with Crippen LogP contribution in [0, 0.1) is 0 Å². The summed E-state index contributed by atoms with van der Waals surface area (Å²) in [6.07, 6.45) is 1.07. The Hall–Kier alpha value is -1.65. The molecular formula is C10H22N2O3. The number of Topliss-reactive ketones (excluding diaryl/α,β-unsaturated/α-hetero) is 1. The predicted octanol–water partition coefficient (Wildman–Crippen LogP) is 0.512. The molecule has 0 aliphatic rings. The van der Waals surface area contributed by atoms with Gasteiger partial charge in [0.05, 0.1) is 13.1 Å². The fourth-order valence-electron chi connectivity index (χ4n) is 0.525. The fourth-order valence-corrected chi connectivity index (χ4v) is 0.525. The number of carbonyl (C=O) groups is 3. The zero-order chi connectivity index (χ0) is 12.3. The zero-order valence-corrected chi connectivity index (χ0v) is 9.42. The van der Waals surface area contributed by atoms with Gasteiger partial charge in [-0.05, 0) is 13.0 Å². The van der Waals surface area contributed by atoms with Crippen LogP contribution in [0.2, 0.25) is 0 Å². The van der Waals surface area contributed by atoms with E-state index in [9.17, 15) is 14.4 Å². The molecule has 2 amide bonds. The Morgan fingerprint density at radius 3 is 2.13 bits per heavy atom. The van der Waals surface area contributed by atoms with Gasteiger partial charge in [0.25, 0.3) is 0 Å². The van der Waals surface area contributed by atoms with E-state index < -0.39 is 11.8 Å². The average Bonchev–Trinajstić information content (AvgIpc) is 2.25. The second-order valence-corrected chi connectivity index (χ2v) is 2.40. The van der Waals surface area contributed by atoms with E-state index in [1.54, 1.807) is 0 Å². The van der Waals surface area contributed by atoms with Gasteiger partial charge in [-0.1, -0.05) is 20.4 Å². The van der Waals surface area contributed by atoms with Crippen molar-refractivity contribution in [3.8, 4) is 0 Å². The molecule has 0 spiro atoms. The molecule has 0 fully saturated rings. The molecule has 90 valence electrons. The van der Waals surface area contributed by atoms with E-state index in [2.05, 4.69) is 17.2 Å². The standard InChI is InChI=1S/C8H12N2O3.C2H6.2H2/c1-3-7(12)10-5-8(13)9-4-6(2)11;1-2;;/h3H,1,4-5H2,2H3,(H,9,13)(H,10,12);1-2H3;2*1H. The summed E-state index contributed by atoms with van der Waals surface area (Å²) in [6.45, 7) is 8.43. The van der Waals surface area contributed by atoms with Crippen LogP contribution in [0.4, 0.5) is 0 Å². The normalized spacial score (nSPS) is 7.93. The molecule has 0 atom stereocenters. The molecule has 0 aliphatic carbocycles. The molecule has 0 aromatic rings. The Balaban J connectivity index is -0.000000199. The highest BCUT2D eigenvalue weighted by Gasteiger charge is 2.02. The van der Waals surface area contributed by atoms with Crippen molar-refractivity contribution in [3.05, 3.63) is 12.7 Å². The molecule has 0 radical (unpaired) electrons. The van der Waals surface area contributed by atoms with Crippen LogP contribution in [-0.2, 0) is 14.4 Å². The third kappa shape index (κ3) is 12.4. The van der Waals surface area contributed by atoms with Crippen molar-refractivity contribution in [2.45, 2.75) is 20.8 Å². The third-order valence-electron chi connectivity index (χ3n) is 1.14. The molecule has 0 aromatic heterocycles. The van der Waals surface area contributed by atoms with E-state index in [0.29, 0.717) is 0 Å². The third-order valence-corrected chi connectivity index (χ3v) is 1.14. The van der Waals surface area contributed by atoms with E-state index >= 15 is 0 Å². The molecule has 0 bridgehead atoms. The van der Waals surface area contributed by atoms with Gasteiger partial charge in [-0.25, -0.2) is 0 Å². The molecule has 2 N–H and O–H groups in total. The summed E-state index contributed by atoms with van der Waals surface area (Å²) >= 11 is 0. The van der Waals surface area contributed by atoms with Gasteiger partial charge in [0.1, 0.15) is 5.78 Å². The van der Waals surface area contributed by atoms with Crippen molar-refractivity contribution in [2.75, 3.05) is 13.1 Å². The first-order chi connectivity index (χ1) is 7.06. The van der Waals surface area contributed by atoms with Crippen LogP contribution in [0.1, 0.15) is 23.6 Å². The van der Waals surface area contributed by atoms with Crippen LogP contribution in [-0.4, -0.2) is 30.7 Å². The number of hydrogen-bond donors (Lipinski definition) is 2. The first-order valence-electron chi connectivity index (χ1n) is 4.72. The fraction of sp³-hybridized carbons (Fsp3) is 0.500. The van der Waals surface area contributed by atoms with Gasteiger partial charge in [-0.3, -0.25) is 14.4 Å². The summed E-state index contributed by atoms with van der Waals surface area (Å²) in [6, 6.07) is 0. The highest BCUT2D eigenvalue weighted by Crippen LogP contribution is 1.69. The lowest BCUT2D eigenvalue weighted by atomic mass is 10.4. The second kappa shape index (κ2) is 10.4. The van der Waals surface area contributed by atoms with Crippen LogP contribution in [0.3, 0.4) is 0 Å². The summed E-state index contributed by atoms with van der Waals surface area (Å²) in [4.78, 5) is 31.9. The van der Waals surface area contributed by atoms with Crippen molar-refractivity contribution in [3.63, 3.8) is 0 Å². The quantitative estimate of drug-likeness (QED) is 0.660. The Labute approximate surface area is 92.9 Å². The van der Waals surface area contributed by atoms with Crippen molar-refractivity contribution < 1.29 is 17.2 Å². The van der Waals surface area contributed by atoms with Gasteiger partial charge in [0, 0.05) is 2.85 Å². The Kier molecular flexibility index (Phi) is 11.0. The largest absolute Gasteiger partial charge is 0.348 e. The highest BCUT2D eigenvalue weighted by molar-refractivity contribution is 5.91. The SMILES string of the molecule is C=CC(=O)NCC(=O)NCC(C)=O.CC.[HH].[HH]. The minimum Gasteiger partial charge on any atom is -0.348 e. The molecule has 5 nitrogen and oxygen atoms in total. The number of carbonyl (C=O) groups excluding carboxylic acids is 3. The molecule has 15 heavy (non-hydrogen) atoms. The molecule has 0 saturated carbocycles. The van der Waals surface area contributed by atoms with E-state index in [4.69, 9.17) is 0 Å². The molecule has 0 aromatic carbocycles. The van der Waals surface area contributed by atoms with Gasteiger partial charge >= 0.3 is 0 Å². The summed E-state index contributed by atoms with van der Waals surface area (Å²) in [7, 11) is 0. The Morgan fingerprint density at radius 1 is 1.20 bits per heavy atom. The molecular weight excluding hydrogens is 196 g/mol. The molecule has 0 unspecified atom stereocenters. The lowest BCUT2D eigenvalue weighted by molar-refractivity contribution is -0.125. The number of hydrogen-bond acceptors (Lipinski definition) is 3. The smallest absolute Gasteiger partial charge is 0.243 e. The van der Waals surface area contributed by atoms with Crippen LogP contribution in [0.5, 0.6) is 0 Å². The van der Waals surface area contributed by atoms with Gasteiger partial charge in [-0.15, -0.1) is 0 Å². The maximum absolute atomic E-state index is 10.9. The topological polar surface area (TPSA) is 75.3 Å². The van der Waals surface area contributed by atoms with Crippen LogP contribution >= 0.6 is 0 Å².